The number of hydrogen-bond donors (Lipinski definition) is 0. The van der Waals surface area contributed by atoms with E-state index in [1.165, 1.54) is 10.5 Å². The van der Waals surface area contributed by atoms with Crippen LogP contribution in [0.15, 0.2) is 48.4 Å². The molecule has 1 aliphatic heterocycles. The Balaban J connectivity index is 1.59. The summed E-state index contributed by atoms with van der Waals surface area (Å²) in [4.78, 5) is 24.3. The lowest BCUT2D eigenvalue weighted by atomic mass is 10.1. The van der Waals surface area contributed by atoms with Crippen LogP contribution in [-0.4, -0.2) is 38.3 Å². The fourth-order valence-corrected chi connectivity index (χ4v) is 3.49. The van der Waals surface area contributed by atoms with E-state index in [0.29, 0.717) is 24.4 Å². The smallest absolute Gasteiger partial charge is 0.276 e. The Labute approximate surface area is 131 Å². The van der Waals surface area contributed by atoms with Crippen molar-refractivity contribution in [2.75, 3.05) is 13.1 Å². The Hall–Kier alpha value is -2.47. The van der Waals surface area contributed by atoms with Gasteiger partial charge in [0, 0.05) is 42.8 Å². The highest BCUT2D eigenvalue weighted by Crippen LogP contribution is 2.26. The van der Waals surface area contributed by atoms with E-state index in [9.17, 15) is 4.79 Å². The number of thiophene rings is 1. The van der Waals surface area contributed by atoms with Gasteiger partial charge in [0.05, 0.1) is 0 Å². The second-order valence-corrected chi connectivity index (χ2v) is 6.09. The molecule has 3 aromatic heterocycles. The maximum Gasteiger partial charge on any atom is 0.276 e. The van der Waals surface area contributed by atoms with Gasteiger partial charge < -0.3 is 9.30 Å². The van der Waals surface area contributed by atoms with E-state index in [0.717, 1.165) is 6.42 Å². The third-order valence-corrected chi connectivity index (χ3v) is 4.79. The van der Waals surface area contributed by atoms with Crippen LogP contribution in [-0.2, 0) is 0 Å². The maximum atomic E-state index is 12.7. The molecule has 0 atom stereocenters. The second-order valence-electron chi connectivity index (χ2n) is 5.14. The Morgan fingerprint density at radius 3 is 2.82 bits per heavy atom. The van der Waals surface area contributed by atoms with Crippen molar-refractivity contribution >= 4 is 28.5 Å². The molecular weight excluding hydrogens is 296 g/mol. The highest BCUT2D eigenvalue weighted by atomic mass is 32.1. The molecule has 0 unspecified atom stereocenters. The first-order chi connectivity index (χ1) is 10.8. The van der Waals surface area contributed by atoms with Gasteiger partial charge in [-0.15, -0.1) is 11.3 Å². The van der Waals surface area contributed by atoms with Crippen LogP contribution < -0.4 is 0 Å². The SMILES string of the molecule is O=C(c1nccn2ccnc12)N1CC=C(c2cccs2)CC1. The quantitative estimate of drug-likeness (QED) is 0.731. The number of imidazole rings is 1. The monoisotopic (exact) mass is 310 g/mol. The van der Waals surface area contributed by atoms with Crippen molar-refractivity contribution in [3.63, 3.8) is 0 Å². The molecule has 1 amide bonds. The molecule has 0 bridgehead atoms. The number of amides is 1. The van der Waals surface area contributed by atoms with E-state index < -0.39 is 0 Å². The summed E-state index contributed by atoms with van der Waals surface area (Å²) in [6.07, 6.45) is 9.95. The summed E-state index contributed by atoms with van der Waals surface area (Å²) < 4.78 is 1.82. The van der Waals surface area contributed by atoms with E-state index in [-0.39, 0.29) is 5.91 Å². The zero-order chi connectivity index (χ0) is 14.9. The molecule has 0 N–H and O–H groups in total. The third-order valence-electron chi connectivity index (χ3n) is 3.85. The lowest BCUT2D eigenvalue weighted by Crippen LogP contribution is -2.35. The minimum atomic E-state index is -0.0571. The van der Waals surface area contributed by atoms with E-state index in [4.69, 9.17) is 0 Å². The highest BCUT2D eigenvalue weighted by molar-refractivity contribution is 7.11. The molecule has 0 aliphatic carbocycles. The molecule has 110 valence electrons. The zero-order valence-electron chi connectivity index (χ0n) is 11.8. The van der Waals surface area contributed by atoms with Crippen LogP contribution >= 0.6 is 11.3 Å². The van der Waals surface area contributed by atoms with Gasteiger partial charge in [-0.3, -0.25) is 4.79 Å². The van der Waals surface area contributed by atoms with Crippen molar-refractivity contribution in [1.29, 1.82) is 0 Å². The van der Waals surface area contributed by atoms with E-state index >= 15 is 0 Å². The van der Waals surface area contributed by atoms with Crippen LogP contribution in [0.25, 0.3) is 11.2 Å². The summed E-state index contributed by atoms with van der Waals surface area (Å²) in [5.74, 6) is -0.0571. The van der Waals surface area contributed by atoms with E-state index in [1.54, 1.807) is 29.9 Å². The zero-order valence-corrected chi connectivity index (χ0v) is 12.7. The van der Waals surface area contributed by atoms with Crippen molar-refractivity contribution in [2.24, 2.45) is 0 Å². The number of rotatable bonds is 2. The summed E-state index contributed by atoms with van der Waals surface area (Å²) in [6.45, 7) is 1.33. The number of fused-ring (bicyclic) bond motifs is 1. The van der Waals surface area contributed by atoms with Crippen LogP contribution in [0.4, 0.5) is 0 Å². The lowest BCUT2D eigenvalue weighted by Gasteiger charge is -2.26. The fourth-order valence-electron chi connectivity index (χ4n) is 2.69. The average Bonchev–Trinajstić information content (AvgIpc) is 3.25. The van der Waals surface area contributed by atoms with Crippen LogP contribution in [0.1, 0.15) is 21.8 Å². The molecule has 0 saturated heterocycles. The van der Waals surface area contributed by atoms with Crippen molar-refractivity contribution in [3.05, 3.63) is 58.9 Å². The molecule has 0 radical (unpaired) electrons. The molecular formula is C16H14N4OS. The van der Waals surface area contributed by atoms with Crippen molar-refractivity contribution < 1.29 is 4.79 Å². The summed E-state index contributed by atoms with van der Waals surface area (Å²) in [5, 5.41) is 2.08. The highest BCUT2D eigenvalue weighted by Gasteiger charge is 2.23. The fraction of sp³-hybridized carbons (Fsp3) is 0.188. The third kappa shape index (κ3) is 2.21. The molecule has 0 fully saturated rings. The Bertz CT molecular complexity index is 850. The largest absolute Gasteiger partial charge is 0.333 e. The Kier molecular flexibility index (Phi) is 3.23. The molecule has 5 nitrogen and oxygen atoms in total. The summed E-state index contributed by atoms with van der Waals surface area (Å²) in [7, 11) is 0. The molecule has 4 rings (SSSR count). The minimum absolute atomic E-state index is 0.0571. The molecule has 4 heterocycles. The number of aromatic nitrogens is 3. The average molecular weight is 310 g/mol. The topological polar surface area (TPSA) is 50.5 Å². The Morgan fingerprint density at radius 1 is 1.23 bits per heavy atom. The molecule has 0 aromatic carbocycles. The van der Waals surface area contributed by atoms with Gasteiger partial charge in [0.2, 0.25) is 0 Å². The predicted octanol–water partition coefficient (Wildman–Crippen LogP) is 2.72. The second kappa shape index (κ2) is 5.38. The lowest BCUT2D eigenvalue weighted by molar-refractivity contribution is 0.0768. The first-order valence-electron chi connectivity index (χ1n) is 7.13. The van der Waals surface area contributed by atoms with Crippen LogP contribution in [0.3, 0.4) is 0 Å². The summed E-state index contributed by atoms with van der Waals surface area (Å²) in [6, 6.07) is 4.18. The Morgan fingerprint density at radius 2 is 2.09 bits per heavy atom. The summed E-state index contributed by atoms with van der Waals surface area (Å²) in [5.41, 5.74) is 2.35. The number of hydrogen-bond acceptors (Lipinski definition) is 4. The molecule has 3 aromatic rings. The van der Waals surface area contributed by atoms with E-state index in [1.807, 2.05) is 15.5 Å². The number of carbonyl (C=O) groups is 1. The van der Waals surface area contributed by atoms with E-state index in [2.05, 4.69) is 33.6 Å². The van der Waals surface area contributed by atoms with Gasteiger partial charge in [-0.2, -0.15) is 0 Å². The van der Waals surface area contributed by atoms with Gasteiger partial charge in [0.1, 0.15) is 0 Å². The summed E-state index contributed by atoms with van der Waals surface area (Å²) >= 11 is 1.74. The van der Waals surface area contributed by atoms with Gasteiger partial charge in [-0.25, -0.2) is 9.97 Å². The normalized spacial score (nSPS) is 15.1. The van der Waals surface area contributed by atoms with Gasteiger partial charge in [-0.05, 0) is 23.4 Å². The first-order valence-corrected chi connectivity index (χ1v) is 8.01. The minimum Gasteiger partial charge on any atom is -0.333 e. The first kappa shape index (κ1) is 13.2. The standard InChI is InChI=1S/C16H14N4OS/c21-16(14-15-18-6-10-19(15)9-5-17-14)20-7-3-12(4-8-20)13-2-1-11-22-13/h1-3,5-6,9-11H,4,7-8H2. The molecule has 6 heteroatoms. The van der Waals surface area contributed by atoms with Crippen LogP contribution in [0, 0.1) is 0 Å². The number of nitrogens with zero attached hydrogens (tertiary/aromatic N) is 4. The van der Waals surface area contributed by atoms with Gasteiger partial charge >= 0.3 is 0 Å². The maximum absolute atomic E-state index is 12.7. The molecule has 22 heavy (non-hydrogen) atoms. The number of carbonyl (C=O) groups excluding carboxylic acids is 1. The molecule has 1 aliphatic rings. The van der Waals surface area contributed by atoms with Crippen molar-refractivity contribution in [1.82, 2.24) is 19.3 Å². The van der Waals surface area contributed by atoms with Crippen molar-refractivity contribution in [2.45, 2.75) is 6.42 Å². The predicted molar refractivity (Wildman–Crippen MR) is 85.8 cm³/mol. The molecule has 0 spiro atoms. The van der Waals surface area contributed by atoms with Gasteiger partial charge in [0.15, 0.2) is 11.3 Å². The van der Waals surface area contributed by atoms with Gasteiger partial charge in [0.25, 0.3) is 5.91 Å². The van der Waals surface area contributed by atoms with Crippen molar-refractivity contribution in [3.8, 4) is 0 Å². The van der Waals surface area contributed by atoms with Crippen LogP contribution in [0.2, 0.25) is 0 Å². The van der Waals surface area contributed by atoms with Gasteiger partial charge in [-0.1, -0.05) is 12.1 Å². The van der Waals surface area contributed by atoms with Crippen LogP contribution in [0.5, 0.6) is 0 Å². The molecule has 0 saturated carbocycles.